The second-order valence-corrected chi connectivity index (χ2v) is 4.81. The van der Waals surface area contributed by atoms with Crippen molar-refractivity contribution in [1.29, 1.82) is 0 Å². The van der Waals surface area contributed by atoms with Crippen LogP contribution in [0.15, 0.2) is 28.7 Å². The van der Waals surface area contributed by atoms with E-state index in [-0.39, 0.29) is 12.6 Å². The molecular formula is C16H23NO2. The summed E-state index contributed by atoms with van der Waals surface area (Å²) in [4.78, 5) is 0. The Morgan fingerprint density at radius 2 is 2.05 bits per heavy atom. The molecule has 2 rings (SSSR count). The predicted octanol–water partition coefficient (Wildman–Crippen LogP) is 3.42. The monoisotopic (exact) mass is 261 g/mol. The fourth-order valence-electron chi connectivity index (χ4n) is 2.54. The minimum atomic E-state index is 0.104. The van der Waals surface area contributed by atoms with Gasteiger partial charge in [-0.15, -0.1) is 0 Å². The molecule has 1 aromatic heterocycles. The molecule has 1 aromatic carbocycles. The molecule has 2 N–H and O–H groups in total. The maximum Gasteiger partial charge on any atom is 0.134 e. The van der Waals surface area contributed by atoms with Crippen LogP contribution < -0.4 is 5.32 Å². The van der Waals surface area contributed by atoms with Crippen LogP contribution in [0.2, 0.25) is 0 Å². The van der Waals surface area contributed by atoms with Crippen molar-refractivity contribution in [3.05, 3.63) is 35.6 Å². The molecule has 0 aliphatic rings. The molecule has 0 saturated heterocycles. The molecule has 0 spiro atoms. The van der Waals surface area contributed by atoms with Gasteiger partial charge in [-0.2, -0.15) is 0 Å². The number of rotatable bonds is 7. The zero-order valence-corrected chi connectivity index (χ0v) is 11.8. The number of hydrogen-bond donors (Lipinski definition) is 2. The summed E-state index contributed by atoms with van der Waals surface area (Å²) in [6.45, 7) is 5.39. The van der Waals surface area contributed by atoms with Gasteiger partial charge in [-0.05, 0) is 31.9 Å². The number of nitrogens with one attached hydrogen (secondary N) is 1. The van der Waals surface area contributed by atoms with Crippen LogP contribution in [0, 0.1) is 0 Å². The van der Waals surface area contributed by atoms with Crippen LogP contribution in [-0.4, -0.2) is 18.3 Å². The van der Waals surface area contributed by atoms with Gasteiger partial charge in [-0.1, -0.05) is 32.0 Å². The highest BCUT2D eigenvalue weighted by atomic mass is 16.3. The van der Waals surface area contributed by atoms with Crippen LogP contribution in [0.3, 0.4) is 0 Å². The summed E-state index contributed by atoms with van der Waals surface area (Å²) in [6, 6.07) is 8.26. The Labute approximate surface area is 114 Å². The quantitative estimate of drug-likeness (QED) is 0.802. The second-order valence-electron chi connectivity index (χ2n) is 4.81. The molecule has 0 amide bonds. The van der Waals surface area contributed by atoms with E-state index in [2.05, 4.69) is 25.2 Å². The van der Waals surface area contributed by atoms with E-state index in [4.69, 9.17) is 4.42 Å². The summed E-state index contributed by atoms with van der Waals surface area (Å²) >= 11 is 0. The van der Waals surface area contributed by atoms with Crippen molar-refractivity contribution in [2.75, 3.05) is 13.2 Å². The normalized spacial score (nSPS) is 13.0. The first kappa shape index (κ1) is 14.1. The van der Waals surface area contributed by atoms with Gasteiger partial charge in [0.15, 0.2) is 0 Å². The molecule has 1 atom stereocenters. The fraction of sp³-hybridized carbons (Fsp3) is 0.500. The predicted molar refractivity (Wildman–Crippen MR) is 78.3 cm³/mol. The molecule has 1 heterocycles. The average Bonchev–Trinajstić information content (AvgIpc) is 2.81. The Hall–Kier alpha value is -1.32. The second kappa shape index (κ2) is 6.73. The molecule has 104 valence electrons. The van der Waals surface area contributed by atoms with E-state index in [0.29, 0.717) is 6.42 Å². The minimum Gasteiger partial charge on any atom is -0.459 e. The summed E-state index contributed by atoms with van der Waals surface area (Å²) in [5, 5.41) is 13.9. The number of furan rings is 1. The minimum absolute atomic E-state index is 0.104. The highest BCUT2D eigenvalue weighted by Crippen LogP contribution is 2.31. The van der Waals surface area contributed by atoms with Crippen molar-refractivity contribution in [2.24, 2.45) is 0 Å². The van der Waals surface area contributed by atoms with Gasteiger partial charge in [0.1, 0.15) is 11.3 Å². The van der Waals surface area contributed by atoms with E-state index in [9.17, 15) is 5.11 Å². The molecule has 0 bridgehead atoms. The molecule has 19 heavy (non-hydrogen) atoms. The topological polar surface area (TPSA) is 45.4 Å². The molecule has 0 fully saturated rings. The van der Waals surface area contributed by atoms with E-state index < -0.39 is 0 Å². The number of benzene rings is 1. The van der Waals surface area contributed by atoms with Crippen LogP contribution in [0.25, 0.3) is 11.0 Å². The van der Waals surface area contributed by atoms with Crippen molar-refractivity contribution in [2.45, 2.75) is 39.2 Å². The standard InChI is InChI=1S/C16H23NO2/c1-3-10-17-14(9-11-18)16-12(4-2)13-7-5-6-8-15(13)19-16/h5-8,14,17-18H,3-4,9-11H2,1-2H3. The SMILES string of the molecule is CCCNC(CCO)c1oc2ccccc2c1CC. The highest BCUT2D eigenvalue weighted by Gasteiger charge is 2.20. The Kier molecular flexibility index (Phi) is 5.00. The van der Waals surface area contributed by atoms with Gasteiger partial charge in [0.25, 0.3) is 0 Å². The van der Waals surface area contributed by atoms with Gasteiger partial charge in [0.2, 0.25) is 0 Å². The Balaban J connectivity index is 2.39. The average molecular weight is 261 g/mol. The number of para-hydroxylation sites is 1. The zero-order chi connectivity index (χ0) is 13.7. The van der Waals surface area contributed by atoms with Crippen molar-refractivity contribution in [1.82, 2.24) is 5.32 Å². The molecule has 0 aliphatic carbocycles. The van der Waals surface area contributed by atoms with Gasteiger partial charge in [0, 0.05) is 17.6 Å². The smallest absolute Gasteiger partial charge is 0.134 e. The third kappa shape index (κ3) is 2.99. The first-order chi connectivity index (χ1) is 9.31. The lowest BCUT2D eigenvalue weighted by Crippen LogP contribution is -2.23. The fourth-order valence-corrected chi connectivity index (χ4v) is 2.54. The summed E-state index contributed by atoms with van der Waals surface area (Å²) in [5.41, 5.74) is 2.20. The van der Waals surface area contributed by atoms with Crippen molar-refractivity contribution in [3.63, 3.8) is 0 Å². The Morgan fingerprint density at radius 3 is 2.74 bits per heavy atom. The van der Waals surface area contributed by atoms with Gasteiger partial charge < -0.3 is 14.8 Å². The van der Waals surface area contributed by atoms with Crippen LogP contribution in [0.4, 0.5) is 0 Å². The van der Waals surface area contributed by atoms with Gasteiger partial charge in [-0.3, -0.25) is 0 Å². The lowest BCUT2D eigenvalue weighted by atomic mass is 10.0. The zero-order valence-electron chi connectivity index (χ0n) is 11.8. The molecule has 1 unspecified atom stereocenters. The molecule has 3 nitrogen and oxygen atoms in total. The van der Waals surface area contributed by atoms with Crippen molar-refractivity contribution >= 4 is 11.0 Å². The molecule has 0 aliphatic heterocycles. The molecule has 2 aromatic rings. The highest BCUT2D eigenvalue weighted by molar-refractivity contribution is 5.82. The Bertz CT molecular complexity index is 518. The summed E-state index contributed by atoms with van der Waals surface area (Å²) in [6.07, 6.45) is 2.71. The third-order valence-corrected chi connectivity index (χ3v) is 3.46. The van der Waals surface area contributed by atoms with Gasteiger partial charge in [0.05, 0.1) is 6.04 Å². The van der Waals surface area contributed by atoms with Crippen molar-refractivity contribution in [3.8, 4) is 0 Å². The van der Waals surface area contributed by atoms with Crippen LogP contribution >= 0.6 is 0 Å². The van der Waals surface area contributed by atoms with Crippen molar-refractivity contribution < 1.29 is 9.52 Å². The largest absolute Gasteiger partial charge is 0.459 e. The van der Waals surface area contributed by atoms with E-state index in [1.165, 1.54) is 10.9 Å². The molecule has 0 radical (unpaired) electrons. The first-order valence-corrected chi connectivity index (χ1v) is 7.16. The summed E-state index contributed by atoms with van der Waals surface area (Å²) in [5.74, 6) is 0.992. The summed E-state index contributed by atoms with van der Waals surface area (Å²) in [7, 11) is 0. The maximum atomic E-state index is 9.25. The van der Waals surface area contributed by atoms with E-state index >= 15 is 0 Å². The van der Waals surface area contributed by atoms with E-state index in [0.717, 1.165) is 30.7 Å². The summed E-state index contributed by atoms with van der Waals surface area (Å²) < 4.78 is 6.03. The number of aliphatic hydroxyl groups is 1. The van der Waals surface area contributed by atoms with E-state index in [1.54, 1.807) is 0 Å². The third-order valence-electron chi connectivity index (χ3n) is 3.46. The van der Waals surface area contributed by atoms with Crippen LogP contribution in [0.1, 0.15) is 44.1 Å². The number of aliphatic hydroxyl groups excluding tert-OH is 1. The number of hydrogen-bond acceptors (Lipinski definition) is 3. The lowest BCUT2D eigenvalue weighted by Gasteiger charge is -2.16. The molecule has 0 saturated carbocycles. The van der Waals surface area contributed by atoms with Gasteiger partial charge >= 0.3 is 0 Å². The number of aryl methyl sites for hydroxylation is 1. The number of fused-ring (bicyclic) bond motifs is 1. The first-order valence-electron chi connectivity index (χ1n) is 7.16. The lowest BCUT2D eigenvalue weighted by molar-refractivity contribution is 0.255. The molecule has 3 heteroatoms. The Morgan fingerprint density at radius 1 is 1.26 bits per heavy atom. The van der Waals surface area contributed by atoms with E-state index in [1.807, 2.05) is 18.2 Å². The van der Waals surface area contributed by atoms with Crippen LogP contribution in [-0.2, 0) is 6.42 Å². The molecular weight excluding hydrogens is 238 g/mol. The van der Waals surface area contributed by atoms with Gasteiger partial charge in [-0.25, -0.2) is 0 Å². The maximum absolute atomic E-state index is 9.25. The van der Waals surface area contributed by atoms with Crippen LogP contribution in [0.5, 0.6) is 0 Å².